The Morgan fingerprint density at radius 1 is 1.17 bits per heavy atom. The number of hydrogen-bond acceptors (Lipinski definition) is 2. The number of carboxylic acid groups (broad SMARTS) is 1. The first-order chi connectivity index (χ1) is 10.9. The van der Waals surface area contributed by atoms with E-state index < -0.39 is 23.0 Å². The Kier molecular flexibility index (Phi) is 5.69. The molecule has 1 aromatic rings. The van der Waals surface area contributed by atoms with E-state index in [0.717, 1.165) is 37.5 Å². The van der Waals surface area contributed by atoms with E-state index in [2.05, 4.69) is 5.32 Å². The molecule has 1 amide bonds. The van der Waals surface area contributed by atoms with E-state index >= 15 is 0 Å². The van der Waals surface area contributed by atoms with Gasteiger partial charge in [-0.1, -0.05) is 19.3 Å². The Labute approximate surface area is 133 Å². The molecule has 0 aromatic heterocycles. The number of hydrogen-bond donors (Lipinski definition) is 2. The van der Waals surface area contributed by atoms with Crippen LogP contribution in [0.1, 0.15) is 44.1 Å². The van der Waals surface area contributed by atoms with E-state index in [-0.39, 0.29) is 30.9 Å². The lowest BCUT2D eigenvalue weighted by Gasteiger charge is -2.33. The van der Waals surface area contributed by atoms with Gasteiger partial charge in [0, 0.05) is 13.0 Å². The highest BCUT2D eigenvalue weighted by Crippen LogP contribution is 2.36. The van der Waals surface area contributed by atoms with Crippen LogP contribution in [0.4, 0.5) is 8.78 Å². The molecule has 0 radical (unpaired) electrons. The number of rotatable bonds is 6. The summed E-state index contributed by atoms with van der Waals surface area (Å²) in [7, 11) is 0. The van der Waals surface area contributed by atoms with E-state index in [1.807, 2.05) is 0 Å². The van der Waals surface area contributed by atoms with Gasteiger partial charge in [0.2, 0.25) is 5.91 Å². The monoisotopic (exact) mass is 325 g/mol. The lowest BCUT2D eigenvalue weighted by molar-refractivity contribution is -0.151. The van der Waals surface area contributed by atoms with E-state index in [9.17, 15) is 23.5 Å². The normalized spacial score (nSPS) is 16.8. The van der Waals surface area contributed by atoms with Crippen molar-refractivity contribution in [2.75, 3.05) is 6.54 Å². The van der Waals surface area contributed by atoms with Crippen molar-refractivity contribution in [3.05, 3.63) is 35.4 Å². The highest BCUT2D eigenvalue weighted by molar-refractivity contribution is 5.79. The van der Waals surface area contributed by atoms with E-state index in [4.69, 9.17) is 0 Å². The van der Waals surface area contributed by atoms with E-state index in [1.54, 1.807) is 0 Å². The van der Waals surface area contributed by atoms with Crippen LogP contribution in [0.2, 0.25) is 0 Å². The number of amides is 1. The van der Waals surface area contributed by atoms with Crippen LogP contribution in [0.5, 0.6) is 0 Å². The number of aryl methyl sites for hydroxylation is 1. The molecule has 0 aliphatic heterocycles. The summed E-state index contributed by atoms with van der Waals surface area (Å²) in [5.74, 6) is -2.32. The summed E-state index contributed by atoms with van der Waals surface area (Å²) in [4.78, 5) is 23.4. The predicted octanol–water partition coefficient (Wildman–Crippen LogP) is 3.05. The average Bonchev–Trinajstić information content (AvgIpc) is 2.54. The second-order valence-corrected chi connectivity index (χ2v) is 6.16. The molecule has 1 aromatic carbocycles. The standard InChI is InChI=1S/C17H21F2NO3/c18-13-5-6-14(19)12(10-13)4-7-15(21)20-11-17(16(22)23)8-2-1-3-9-17/h5-6,10H,1-4,7-9,11H2,(H,20,21)(H,22,23). The molecule has 1 fully saturated rings. The molecule has 1 aliphatic rings. The molecule has 0 saturated heterocycles. The van der Waals surface area contributed by atoms with Gasteiger partial charge in [0.15, 0.2) is 0 Å². The maximum Gasteiger partial charge on any atom is 0.311 e. The molecule has 2 rings (SSSR count). The van der Waals surface area contributed by atoms with Gasteiger partial charge in [-0.15, -0.1) is 0 Å². The molecular formula is C17H21F2NO3. The van der Waals surface area contributed by atoms with Crippen molar-refractivity contribution in [3.63, 3.8) is 0 Å². The van der Waals surface area contributed by atoms with Gasteiger partial charge in [0.05, 0.1) is 5.41 Å². The molecule has 23 heavy (non-hydrogen) atoms. The fraction of sp³-hybridized carbons (Fsp3) is 0.529. The van der Waals surface area contributed by atoms with Crippen molar-refractivity contribution < 1.29 is 23.5 Å². The van der Waals surface area contributed by atoms with Gasteiger partial charge in [-0.25, -0.2) is 8.78 Å². The summed E-state index contributed by atoms with van der Waals surface area (Å²) < 4.78 is 26.6. The van der Waals surface area contributed by atoms with Crippen molar-refractivity contribution in [1.82, 2.24) is 5.32 Å². The largest absolute Gasteiger partial charge is 0.481 e. The number of benzene rings is 1. The highest BCUT2D eigenvalue weighted by Gasteiger charge is 2.39. The quantitative estimate of drug-likeness (QED) is 0.845. The van der Waals surface area contributed by atoms with Crippen molar-refractivity contribution >= 4 is 11.9 Å². The highest BCUT2D eigenvalue weighted by atomic mass is 19.1. The third-order valence-electron chi connectivity index (χ3n) is 4.52. The van der Waals surface area contributed by atoms with Crippen molar-refractivity contribution in [2.45, 2.75) is 44.9 Å². The molecule has 1 saturated carbocycles. The number of aliphatic carboxylic acids is 1. The molecule has 126 valence electrons. The Bertz CT molecular complexity index is 583. The van der Waals surface area contributed by atoms with Crippen molar-refractivity contribution in [3.8, 4) is 0 Å². The molecule has 0 heterocycles. The Balaban J connectivity index is 1.87. The molecule has 0 spiro atoms. The third-order valence-corrected chi connectivity index (χ3v) is 4.52. The Morgan fingerprint density at radius 3 is 2.52 bits per heavy atom. The van der Waals surface area contributed by atoms with Crippen molar-refractivity contribution in [1.29, 1.82) is 0 Å². The SMILES string of the molecule is O=C(CCc1cc(F)ccc1F)NCC1(C(=O)O)CCCCC1. The van der Waals surface area contributed by atoms with Crippen LogP contribution in [0.15, 0.2) is 18.2 Å². The van der Waals surface area contributed by atoms with Crippen LogP contribution in [0, 0.1) is 17.0 Å². The van der Waals surface area contributed by atoms with Gasteiger partial charge in [-0.2, -0.15) is 0 Å². The molecule has 6 heteroatoms. The third kappa shape index (κ3) is 4.50. The maximum absolute atomic E-state index is 13.5. The van der Waals surface area contributed by atoms with Crippen LogP contribution in [-0.4, -0.2) is 23.5 Å². The predicted molar refractivity (Wildman–Crippen MR) is 80.8 cm³/mol. The van der Waals surface area contributed by atoms with Gasteiger partial charge >= 0.3 is 5.97 Å². The minimum atomic E-state index is -0.891. The number of carbonyl (C=O) groups excluding carboxylic acids is 1. The molecule has 0 bridgehead atoms. The van der Waals surface area contributed by atoms with Crippen LogP contribution >= 0.6 is 0 Å². The number of halogens is 2. The van der Waals surface area contributed by atoms with E-state index in [0.29, 0.717) is 12.8 Å². The minimum absolute atomic E-state index is 0.00390. The molecule has 2 N–H and O–H groups in total. The van der Waals surface area contributed by atoms with Gasteiger partial charge in [0.25, 0.3) is 0 Å². The fourth-order valence-corrected chi connectivity index (χ4v) is 3.03. The van der Waals surface area contributed by atoms with E-state index in [1.165, 1.54) is 0 Å². The number of nitrogens with one attached hydrogen (secondary N) is 1. The van der Waals surface area contributed by atoms with Crippen LogP contribution < -0.4 is 5.32 Å². The summed E-state index contributed by atoms with van der Waals surface area (Å²) in [5, 5.41) is 12.1. The van der Waals surface area contributed by atoms with Gasteiger partial charge in [0.1, 0.15) is 11.6 Å². The zero-order valence-corrected chi connectivity index (χ0v) is 12.9. The smallest absolute Gasteiger partial charge is 0.311 e. The fourth-order valence-electron chi connectivity index (χ4n) is 3.03. The number of carboxylic acids is 1. The Morgan fingerprint density at radius 2 is 1.87 bits per heavy atom. The van der Waals surface area contributed by atoms with Crippen LogP contribution in [-0.2, 0) is 16.0 Å². The zero-order valence-electron chi connectivity index (χ0n) is 12.9. The summed E-state index contributed by atoms with van der Waals surface area (Å²) in [6, 6.07) is 3.13. The zero-order chi connectivity index (χ0) is 16.9. The number of carbonyl (C=O) groups is 2. The maximum atomic E-state index is 13.5. The first kappa shape index (κ1) is 17.4. The summed E-state index contributed by atoms with van der Waals surface area (Å²) in [5.41, 5.74) is -0.747. The second-order valence-electron chi connectivity index (χ2n) is 6.16. The van der Waals surface area contributed by atoms with Crippen molar-refractivity contribution in [2.24, 2.45) is 5.41 Å². The lowest BCUT2D eigenvalue weighted by Crippen LogP contribution is -2.44. The summed E-state index contributed by atoms with van der Waals surface area (Å²) >= 11 is 0. The first-order valence-electron chi connectivity index (χ1n) is 7.87. The molecule has 0 atom stereocenters. The van der Waals surface area contributed by atoms with Gasteiger partial charge in [-0.3, -0.25) is 9.59 Å². The van der Waals surface area contributed by atoms with Crippen LogP contribution in [0.3, 0.4) is 0 Å². The first-order valence-corrected chi connectivity index (χ1v) is 7.87. The summed E-state index contributed by atoms with van der Waals surface area (Å²) in [6.45, 7) is 0.0901. The summed E-state index contributed by atoms with van der Waals surface area (Å²) in [6.07, 6.45) is 3.89. The van der Waals surface area contributed by atoms with Crippen LogP contribution in [0.25, 0.3) is 0 Å². The molecular weight excluding hydrogens is 304 g/mol. The topological polar surface area (TPSA) is 66.4 Å². The van der Waals surface area contributed by atoms with Gasteiger partial charge in [-0.05, 0) is 43.0 Å². The van der Waals surface area contributed by atoms with Gasteiger partial charge < -0.3 is 10.4 Å². The second kappa shape index (κ2) is 7.53. The lowest BCUT2D eigenvalue weighted by atomic mass is 9.74. The molecule has 0 unspecified atom stereocenters. The molecule has 1 aliphatic carbocycles. The average molecular weight is 325 g/mol. The minimum Gasteiger partial charge on any atom is -0.481 e. The Hall–Kier alpha value is -1.98. The molecule has 4 nitrogen and oxygen atoms in total.